The zero-order valence-electron chi connectivity index (χ0n) is 10.9. The largest absolute Gasteiger partial charge is 0.394 e. The summed E-state index contributed by atoms with van der Waals surface area (Å²) < 4.78 is 0.784. The normalized spacial score (nSPS) is 11.6. The van der Waals surface area contributed by atoms with Crippen molar-refractivity contribution >= 4 is 21.7 Å². The van der Waals surface area contributed by atoms with E-state index in [0.717, 1.165) is 29.1 Å². The molecule has 4 nitrogen and oxygen atoms in total. The minimum absolute atomic E-state index is 0.0776. The Morgan fingerprint density at radius 1 is 1.41 bits per heavy atom. The van der Waals surface area contributed by atoms with Gasteiger partial charge in [-0.25, -0.2) is 9.97 Å². The summed E-state index contributed by atoms with van der Waals surface area (Å²) in [5.74, 6) is 1.66. The second-order valence-electron chi connectivity index (χ2n) is 4.74. The molecule has 0 saturated heterocycles. The van der Waals surface area contributed by atoms with Gasteiger partial charge < -0.3 is 10.0 Å². The fourth-order valence-electron chi connectivity index (χ4n) is 1.37. The predicted molar refractivity (Wildman–Crippen MR) is 73.3 cm³/mol. The third-order valence-electron chi connectivity index (χ3n) is 2.84. The van der Waals surface area contributed by atoms with E-state index in [4.69, 9.17) is 0 Å². The Bertz CT molecular complexity index is 382. The third kappa shape index (κ3) is 3.64. The van der Waals surface area contributed by atoms with E-state index in [2.05, 4.69) is 32.8 Å². The number of hydrogen-bond donors (Lipinski definition) is 1. The van der Waals surface area contributed by atoms with Crippen LogP contribution in [0, 0.1) is 0 Å². The summed E-state index contributed by atoms with van der Waals surface area (Å²) in [7, 11) is 1.93. The molecule has 0 aliphatic heterocycles. The van der Waals surface area contributed by atoms with Crippen LogP contribution in [-0.4, -0.2) is 34.3 Å². The van der Waals surface area contributed by atoms with E-state index < -0.39 is 0 Å². The molecule has 0 bridgehead atoms. The highest BCUT2D eigenvalue weighted by molar-refractivity contribution is 9.10. The third-order valence-corrected chi connectivity index (χ3v) is 3.25. The number of aliphatic hydroxyl groups is 1. The molecule has 17 heavy (non-hydrogen) atoms. The molecule has 1 rings (SSSR count). The van der Waals surface area contributed by atoms with E-state index in [-0.39, 0.29) is 12.1 Å². The van der Waals surface area contributed by atoms with Crippen LogP contribution >= 0.6 is 15.9 Å². The maximum Gasteiger partial charge on any atom is 0.133 e. The van der Waals surface area contributed by atoms with E-state index in [9.17, 15) is 5.11 Å². The van der Waals surface area contributed by atoms with Gasteiger partial charge in [0.05, 0.1) is 12.1 Å². The van der Waals surface area contributed by atoms with Crippen molar-refractivity contribution in [3.05, 3.63) is 16.5 Å². The SMILES string of the molecule is CCCc1nc(Br)cc(N(C)C(C)(C)CO)n1. The van der Waals surface area contributed by atoms with Crippen molar-refractivity contribution in [2.45, 2.75) is 39.2 Å². The number of halogens is 1. The Balaban J connectivity index is 3.05. The number of hydrogen-bond acceptors (Lipinski definition) is 4. The molecule has 0 unspecified atom stereocenters. The molecule has 0 fully saturated rings. The first-order valence-corrected chi connectivity index (χ1v) is 6.58. The molecule has 5 heteroatoms. The maximum absolute atomic E-state index is 9.37. The number of anilines is 1. The molecule has 1 aromatic rings. The smallest absolute Gasteiger partial charge is 0.133 e. The lowest BCUT2D eigenvalue weighted by Crippen LogP contribution is -2.45. The second kappa shape index (κ2) is 5.78. The van der Waals surface area contributed by atoms with Crippen LogP contribution in [-0.2, 0) is 6.42 Å². The van der Waals surface area contributed by atoms with Crippen molar-refractivity contribution in [3.8, 4) is 0 Å². The molecule has 0 aromatic carbocycles. The van der Waals surface area contributed by atoms with E-state index in [1.165, 1.54) is 0 Å². The molecule has 1 N–H and O–H groups in total. The molecule has 96 valence electrons. The number of nitrogens with zero attached hydrogens (tertiary/aromatic N) is 3. The van der Waals surface area contributed by atoms with Crippen LogP contribution in [0.25, 0.3) is 0 Å². The first-order chi connectivity index (χ1) is 7.90. The lowest BCUT2D eigenvalue weighted by molar-refractivity contribution is 0.215. The quantitative estimate of drug-likeness (QED) is 0.849. The highest BCUT2D eigenvalue weighted by atomic mass is 79.9. The number of rotatable bonds is 5. The van der Waals surface area contributed by atoms with Crippen LogP contribution in [0.4, 0.5) is 5.82 Å². The topological polar surface area (TPSA) is 49.2 Å². The van der Waals surface area contributed by atoms with Gasteiger partial charge in [-0.3, -0.25) is 0 Å². The molecule has 0 radical (unpaired) electrons. The molecule has 0 spiro atoms. The highest BCUT2D eigenvalue weighted by Gasteiger charge is 2.24. The van der Waals surface area contributed by atoms with Crippen molar-refractivity contribution in [1.29, 1.82) is 0 Å². The van der Waals surface area contributed by atoms with Crippen molar-refractivity contribution in [1.82, 2.24) is 9.97 Å². The van der Waals surface area contributed by atoms with Gasteiger partial charge in [0.2, 0.25) is 0 Å². The fourth-order valence-corrected chi connectivity index (χ4v) is 1.78. The van der Waals surface area contributed by atoms with Crippen LogP contribution in [0.15, 0.2) is 10.7 Å². The minimum Gasteiger partial charge on any atom is -0.394 e. The highest BCUT2D eigenvalue weighted by Crippen LogP contribution is 2.22. The molecule has 0 atom stereocenters. The van der Waals surface area contributed by atoms with Crippen LogP contribution in [0.1, 0.15) is 33.0 Å². The Morgan fingerprint density at radius 3 is 2.59 bits per heavy atom. The molecular weight excluding hydrogens is 282 g/mol. The van der Waals surface area contributed by atoms with Crippen LogP contribution in [0.3, 0.4) is 0 Å². The maximum atomic E-state index is 9.37. The van der Waals surface area contributed by atoms with E-state index >= 15 is 0 Å². The number of aryl methyl sites for hydroxylation is 1. The molecular formula is C12H20BrN3O. The van der Waals surface area contributed by atoms with E-state index in [1.807, 2.05) is 31.9 Å². The van der Waals surface area contributed by atoms with Crippen molar-refractivity contribution in [3.63, 3.8) is 0 Å². The van der Waals surface area contributed by atoms with Gasteiger partial charge in [-0.1, -0.05) is 6.92 Å². The van der Waals surface area contributed by atoms with Gasteiger partial charge in [0.1, 0.15) is 16.2 Å². The molecule has 0 aliphatic rings. The van der Waals surface area contributed by atoms with Gasteiger partial charge in [0, 0.05) is 19.5 Å². The standard InChI is InChI=1S/C12H20BrN3O/c1-5-6-10-14-9(13)7-11(15-10)16(4)12(2,3)8-17/h7,17H,5-6,8H2,1-4H3. The van der Waals surface area contributed by atoms with Gasteiger partial charge in [-0.05, 0) is 36.2 Å². The summed E-state index contributed by atoms with van der Waals surface area (Å²) in [6.07, 6.45) is 1.88. The second-order valence-corrected chi connectivity index (χ2v) is 5.56. The van der Waals surface area contributed by atoms with Crippen LogP contribution in [0.2, 0.25) is 0 Å². The average Bonchev–Trinajstić information content (AvgIpc) is 2.27. The summed E-state index contributed by atoms with van der Waals surface area (Å²) in [6.45, 7) is 6.13. The summed E-state index contributed by atoms with van der Waals surface area (Å²) >= 11 is 3.40. The Kier molecular flexibility index (Phi) is 4.89. The zero-order chi connectivity index (χ0) is 13.1. The van der Waals surface area contributed by atoms with Crippen LogP contribution < -0.4 is 4.90 Å². The number of likely N-dealkylation sites (N-methyl/N-ethyl adjacent to an activating group) is 1. The molecule has 1 aromatic heterocycles. The van der Waals surface area contributed by atoms with E-state index in [1.54, 1.807) is 0 Å². The fraction of sp³-hybridized carbons (Fsp3) is 0.667. The monoisotopic (exact) mass is 301 g/mol. The number of aliphatic hydroxyl groups excluding tert-OH is 1. The Hall–Kier alpha value is -0.680. The molecule has 0 saturated carbocycles. The van der Waals surface area contributed by atoms with E-state index in [0.29, 0.717) is 0 Å². The lowest BCUT2D eigenvalue weighted by Gasteiger charge is -2.35. The van der Waals surface area contributed by atoms with Crippen molar-refractivity contribution in [2.24, 2.45) is 0 Å². The van der Waals surface area contributed by atoms with Gasteiger partial charge >= 0.3 is 0 Å². The zero-order valence-corrected chi connectivity index (χ0v) is 12.5. The van der Waals surface area contributed by atoms with Gasteiger partial charge in [0.15, 0.2) is 0 Å². The molecule has 1 heterocycles. The first kappa shape index (κ1) is 14.4. The van der Waals surface area contributed by atoms with Gasteiger partial charge in [0.25, 0.3) is 0 Å². The summed E-state index contributed by atoms with van der Waals surface area (Å²) in [6, 6.07) is 1.87. The molecule has 0 aliphatic carbocycles. The summed E-state index contributed by atoms with van der Waals surface area (Å²) in [4.78, 5) is 10.8. The van der Waals surface area contributed by atoms with Crippen LogP contribution in [0.5, 0.6) is 0 Å². The van der Waals surface area contributed by atoms with Gasteiger partial charge in [-0.15, -0.1) is 0 Å². The number of aromatic nitrogens is 2. The minimum atomic E-state index is -0.336. The first-order valence-electron chi connectivity index (χ1n) is 5.79. The predicted octanol–water partition coefficient (Wildman–Crippen LogP) is 2.40. The van der Waals surface area contributed by atoms with Crippen molar-refractivity contribution < 1.29 is 5.11 Å². The average molecular weight is 302 g/mol. The van der Waals surface area contributed by atoms with Gasteiger partial charge in [-0.2, -0.15) is 0 Å². The summed E-state index contributed by atoms with van der Waals surface area (Å²) in [5, 5.41) is 9.37. The molecule has 0 amide bonds. The Morgan fingerprint density at radius 2 is 2.06 bits per heavy atom. The Labute approximate surface area is 111 Å². The summed E-state index contributed by atoms with van der Waals surface area (Å²) in [5.41, 5.74) is -0.336. The van der Waals surface area contributed by atoms with Crippen molar-refractivity contribution in [2.75, 3.05) is 18.6 Å². The lowest BCUT2D eigenvalue weighted by atomic mass is 10.1.